The van der Waals surface area contributed by atoms with Crippen LogP contribution in [0.25, 0.3) is 201 Å². The van der Waals surface area contributed by atoms with Gasteiger partial charge in [0.1, 0.15) is 34.9 Å². The number of hydrogen-bond acceptors (Lipinski definition) is 9. The second-order valence-corrected chi connectivity index (χ2v) is 29.3. The van der Waals surface area contributed by atoms with Gasteiger partial charge in [0.2, 0.25) is 0 Å². The molecule has 0 saturated carbocycles. The maximum Gasteiger partial charge on any atom is 0.147 e. The Bertz CT molecular complexity index is 7910. The first-order valence-corrected chi connectivity index (χ1v) is 39.9. The molecule has 15 nitrogen and oxygen atoms in total. The van der Waals surface area contributed by atoms with Crippen LogP contribution < -0.4 is 0 Å². The molecule has 564 valence electrons. The van der Waals surface area contributed by atoms with Gasteiger partial charge in [-0.2, -0.15) is 0 Å². The molecule has 0 fully saturated rings. The molecule has 0 amide bonds. The van der Waals surface area contributed by atoms with Gasteiger partial charge in [-0.3, -0.25) is 28.7 Å². The molecule has 24 rings (SSSR count). The summed E-state index contributed by atoms with van der Waals surface area (Å²) in [5.74, 6) is 5.05. The number of para-hydroxylation sites is 6. The van der Waals surface area contributed by atoms with Gasteiger partial charge in [0, 0.05) is 133 Å². The second kappa shape index (κ2) is 30.0. The first-order valence-electron chi connectivity index (χ1n) is 39.9. The summed E-state index contributed by atoms with van der Waals surface area (Å²) in [5.41, 5.74) is 25.8. The van der Waals surface area contributed by atoms with Gasteiger partial charge in [-0.1, -0.05) is 206 Å². The first-order chi connectivity index (χ1) is 59.6. The van der Waals surface area contributed by atoms with Crippen LogP contribution >= 0.6 is 0 Å². The van der Waals surface area contributed by atoms with Crippen LogP contribution in [-0.4, -0.2) is 72.3 Å². The fraction of sp³-hybridized carbons (Fsp3) is 0. The number of pyridine rings is 6. The monoisotopic (exact) mass is 1540 g/mol. The van der Waals surface area contributed by atoms with E-state index >= 15 is 0 Å². The number of aromatic nitrogens is 15. The van der Waals surface area contributed by atoms with Crippen molar-refractivity contribution in [3.63, 3.8) is 0 Å². The second-order valence-electron chi connectivity index (χ2n) is 29.3. The van der Waals surface area contributed by atoms with Crippen molar-refractivity contribution in [3.8, 4) is 102 Å². The topological polar surface area (TPSA) is 146 Å². The van der Waals surface area contributed by atoms with Crippen LogP contribution in [0, 0.1) is 0 Å². The van der Waals surface area contributed by atoms with E-state index in [1.165, 1.54) is 16.2 Å². The van der Waals surface area contributed by atoms with Crippen molar-refractivity contribution in [3.05, 3.63) is 420 Å². The predicted molar refractivity (Wildman–Crippen MR) is 486 cm³/mol. The third-order valence-electron chi connectivity index (χ3n) is 22.5. The third kappa shape index (κ3) is 12.1. The molecule has 12 aromatic carbocycles. The van der Waals surface area contributed by atoms with Gasteiger partial charge in [0.05, 0.1) is 66.2 Å². The Hall–Kier alpha value is -16.7. The van der Waals surface area contributed by atoms with E-state index in [9.17, 15) is 0 Å². The van der Waals surface area contributed by atoms with Gasteiger partial charge in [0.25, 0.3) is 0 Å². The molecule has 0 saturated heterocycles. The van der Waals surface area contributed by atoms with E-state index in [4.69, 9.17) is 29.9 Å². The molecule has 0 aliphatic rings. The van der Waals surface area contributed by atoms with Crippen molar-refractivity contribution >= 4 is 98.5 Å². The molecule has 0 bridgehead atoms. The zero-order chi connectivity index (χ0) is 79.4. The fourth-order valence-corrected chi connectivity index (χ4v) is 17.3. The summed E-state index contributed by atoms with van der Waals surface area (Å²) in [6.45, 7) is 0. The number of benzene rings is 12. The van der Waals surface area contributed by atoms with Crippen LogP contribution in [0.4, 0.5) is 0 Å². The summed E-state index contributed by atoms with van der Waals surface area (Å²) in [7, 11) is 0. The molecule has 0 N–H and O–H groups in total. The quantitative estimate of drug-likeness (QED) is 0.117. The van der Waals surface area contributed by atoms with Crippen molar-refractivity contribution in [1.29, 1.82) is 0 Å². The Kier molecular flexibility index (Phi) is 17.5. The molecule has 0 aliphatic heterocycles. The average molecular weight is 1540 g/mol. The van der Waals surface area contributed by atoms with E-state index in [0.717, 1.165) is 184 Å². The van der Waals surface area contributed by atoms with E-state index in [2.05, 4.69) is 327 Å². The van der Waals surface area contributed by atoms with Crippen molar-refractivity contribution in [2.45, 2.75) is 0 Å². The normalized spacial score (nSPS) is 11.5. The lowest BCUT2D eigenvalue weighted by Crippen LogP contribution is -2.00. The van der Waals surface area contributed by atoms with Crippen LogP contribution in [0.2, 0.25) is 0 Å². The molecule has 0 spiro atoms. The molecular formula is C105H69N15. The molecule has 0 unspecified atom stereocenters. The van der Waals surface area contributed by atoms with Crippen molar-refractivity contribution < 1.29 is 0 Å². The highest BCUT2D eigenvalue weighted by molar-refractivity contribution is 6.23. The Morgan fingerprint density at radius 2 is 0.542 bits per heavy atom. The molecule has 12 aromatic heterocycles. The maximum atomic E-state index is 5.42. The van der Waals surface area contributed by atoms with E-state index < -0.39 is 0 Å². The lowest BCUT2D eigenvalue weighted by atomic mass is 10.0. The number of rotatable bonds is 12. The minimum Gasteiger partial charge on any atom is -0.309 e. The Morgan fingerprint density at radius 3 is 0.983 bits per heavy atom. The van der Waals surface area contributed by atoms with Crippen molar-refractivity contribution in [1.82, 2.24) is 72.3 Å². The van der Waals surface area contributed by atoms with E-state index in [0.29, 0.717) is 0 Å². The van der Waals surface area contributed by atoms with Crippen molar-refractivity contribution in [2.24, 2.45) is 0 Å². The minimum atomic E-state index is 0.826. The SMILES string of the molecule is c1ccc(-n2c3ccccc3c3c4nc(-c5ccc(-c6ccncc6)cc5)n(-c5ccccn5)c4ccc32)cc1.c1ccc(-n2c3ccccc3c3c4nc(-c5cccc(-c6cccnc6)c5)n(-c5ccccn5)c4ccc32)cc1.c1ccc(-n2c3ccccc3c3c4nc(-c5ccccc5-c5cccnc5)n(-c5ccccn5)c4ccc32)cc1. The van der Waals surface area contributed by atoms with Gasteiger partial charge in [-0.15, -0.1) is 0 Å². The first kappa shape index (κ1) is 70.0. The highest BCUT2D eigenvalue weighted by atomic mass is 15.2. The lowest BCUT2D eigenvalue weighted by molar-refractivity contribution is 1.03. The Balaban J connectivity index is 0.000000108. The van der Waals surface area contributed by atoms with Crippen LogP contribution in [0.1, 0.15) is 0 Å². The Labute approximate surface area is 688 Å². The van der Waals surface area contributed by atoms with Gasteiger partial charge in [-0.25, -0.2) is 29.9 Å². The standard InChI is InChI=1S/3C35H23N5/c1-2-13-27(14-3-1)39-29-16-5-4-15-28(29)33-30(39)18-19-31-34(33)38-35(40(31)32-17-6-7-21-37-32)25-11-8-10-24(22-25)26-12-9-20-36-23-26;1-2-12-25(13-3-1)39-29-17-7-6-16-28(29)33-30(39)19-20-31-34(33)38-35(40(31)32-18-8-9-22-37-32)27-15-5-4-14-26(27)24-11-10-21-36-23-24;1-2-8-27(9-3-1)39-29-11-5-4-10-28(29)33-30(39)17-18-31-34(33)38-35(40(31)32-12-6-7-21-37-32)26-15-13-24(14-16-26)25-19-22-36-23-20-25/h3*1-23H. The summed E-state index contributed by atoms with van der Waals surface area (Å²) in [5, 5.41) is 6.93. The van der Waals surface area contributed by atoms with E-state index in [1.54, 1.807) is 12.4 Å². The lowest BCUT2D eigenvalue weighted by Gasteiger charge is -2.12. The number of hydrogen-bond donors (Lipinski definition) is 0. The molecule has 15 heteroatoms. The Morgan fingerprint density at radius 1 is 0.183 bits per heavy atom. The highest BCUT2D eigenvalue weighted by Gasteiger charge is 2.27. The summed E-state index contributed by atoms with van der Waals surface area (Å²) < 4.78 is 13.5. The molecule has 0 aliphatic carbocycles. The summed E-state index contributed by atoms with van der Waals surface area (Å²) in [4.78, 5) is 43.2. The van der Waals surface area contributed by atoms with E-state index in [1.807, 2.05) is 122 Å². The molecule has 0 radical (unpaired) electrons. The summed E-state index contributed by atoms with van der Waals surface area (Å²) >= 11 is 0. The molecule has 24 aromatic rings. The predicted octanol–water partition coefficient (Wildman–Crippen LogP) is 24.7. The fourth-order valence-electron chi connectivity index (χ4n) is 17.3. The third-order valence-corrected chi connectivity index (χ3v) is 22.5. The number of fused-ring (bicyclic) bond motifs is 15. The average Bonchev–Trinajstić information content (AvgIpc) is 1.73. The van der Waals surface area contributed by atoms with Crippen LogP contribution in [0.15, 0.2) is 420 Å². The van der Waals surface area contributed by atoms with Gasteiger partial charge < -0.3 is 13.7 Å². The minimum absolute atomic E-state index is 0.826. The zero-order valence-corrected chi connectivity index (χ0v) is 64.5. The van der Waals surface area contributed by atoms with Gasteiger partial charge in [-0.05, 0) is 180 Å². The highest BCUT2D eigenvalue weighted by Crippen LogP contribution is 2.45. The summed E-state index contributed by atoms with van der Waals surface area (Å²) in [6.07, 6.45) is 16.5. The van der Waals surface area contributed by atoms with Crippen LogP contribution in [-0.2, 0) is 0 Å². The molecule has 0 atom stereocenters. The maximum absolute atomic E-state index is 5.42. The van der Waals surface area contributed by atoms with Crippen LogP contribution in [0.5, 0.6) is 0 Å². The number of imidazole rings is 3. The smallest absolute Gasteiger partial charge is 0.147 e. The molecular weight excluding hydrogens is 1470 g/mol. The van der Waals surface area contributed by atoms with Crippen LogP contribution in [0.3, 0.4) is 0 Å². The molecule has 12 heterocycles. The van der Waals surface area contributed by atoms with Gasteiger partial charge >= 0.3 is 0 Å². The van der Waals surface area contributed by atoms with Crippen molar-refractivity contribution in [2.75, 3.05) is 0 Å². The summed E-state index contributed by atoms with van der Waals surface area (Å²) in [6, 6.07) is 126. The van der Waals surface area contributed by atoms with Gasteiger partial charge in [0.15, 0.2) is 0 Å². The zero-order valence-electron chi connectivity index (χ0n) is 64.5. The van der Waals surface area contributed by atoms with E-state index in [-0.39, 0.29) is 0 Å². The number of nitrogens with zero attached hydrogens (tertiary/aromatic N) is 15. The largest absolute Gasteiger partial charge is 0.309 e. The molecule has 120 heavy (non-hydrogen) atoms.